The van der Waals surface area contributed by atoms with Crippen LogP contribution in [-0.4, -0.2) is 11.9 Å². The molecule has 0 saturated heterocycles. The fraction of sp³-hybridized carbons (Fsp3) is 0.188. The molecule has 2 aromatic carbocycles. The highest BCUT2D eigenvalue weighted by atomic mass is 19.1. The zero-order valence-electron chi connectivity index (χ0n) is 10.5. The number of ether oxygens (including phenoxy) is 1. The van der Waals surface area contributed by atoms with Crippen LogP contribution in [0.15, 0.2) is 42.5 Å². The van der Waals surface area contributed by atoms with Gasteiger partial charge in [0.2, 0.25) is 5.78 Å². The molecule has 0 aromatic heterocycles. The van der Waals surface area contributed by atoms with Crippen LogP contribution in [0.3, 0.4) is 0 Å². The van der Waals surface area contributed by atoms with Crippen LogP contribution in [0.1, 0.15) is 21.5 Å². The first-order chi connectivity index (χ1) is 9.13. The number of aryl methyl sites for hydroxylation is 1. The van der Waals surface area contributed by atoms with Crippen LogP contribution in [0.5, 0.6) is 5.75 Å². The van der Waals surface area contributed by atoms with Gasteiger partial charge in [0.25, 0.3) is 0 Å². The number of rotatable bonds is 2. The highest BCUT2D eigenvalue weighted by molar-refractivity contribution is 6.00. The average molecular weight is 256 g/mol. The van der Waals surface area contributed by atoms with Crippen molar-refractivity contribution in [3.05, 3.63) is 65.0 Å². The van der Waals surface area contributed by atoms with Gasteiger partial charge in [-0.25, -0.2) is 4.39 Å². The fourth-order valence-electron chi connectivity index (χ4n) is 2.39. The number of hydrogen-bond acceptors (Lipinski definition) is 2. The van der Waals surface area contributed by atoms with Crippen molar-refractivity contribution in [3.8, 4) is 5.75 Å². The van der Waals surface area contributed by atoms with E-state index in [4.69, 9.17) is 4.74 Å². The third kappa shape index (κ3) is 2.24. The summed E-state index contributed by atoms with van der Waals surface area (Å²) in [5, 5.41) is 0. The summed E-state index contributed by atoms with van der Waals surface area (Å²) in [5.41, 5.74) is 2.13. The number of carbonyl (C=O) groups excluding carboxylic acids is 1. The summed E-state index contributed by atoms with van der Waals surface area (Å²) >= 11 is 0. The van der Waals surface area contributed by atoms with E-state index in [1.165, 1.54) is 12.1 Å². The number of benzene rings is 2. The van der Waals surface area contributed by atoms with E-state index in [0.717, 1.165) is 16.9 Å². The number of hydrogen-bond donors (Lipinski definition) is 0. The molecule has 0 amide bonds. The molecule has 0 bridgehead atoms. The van der Waals surface area contributed by atoms with Crippen LogP contribution in [0.4, 0.5) is 4.39 Å². The second kappa shape index (κ2) is 4.50. The normalized spacial score (nSPS) is 16.8. The van der Waals surface area contributed by atoms with Gasteiger partial charge < -0.3 is 4.74 Å². The first-order valence-corrected chi connectivity index (χ1v) is 6.19. The predicted molar refractivity (Wildman–Crippen MR) is 70.0 cm³/mol. The number of halogens is 1. The second-order valence-electron chi connectivity index (χ2n) is 4.80. The minimum absolute atomic E-state index is 0.168. The summed E-state index contributed by atoms with van der Waals surface area (Å²) in [4.78, 5) is 12.3. The summed E-state index contributed by atoms with van der Waals surface area (Å²) in [5.74, 6) is 0.187. The van der Waals surface area contributed by atoms with Crippen molar-refractivity contribution in [3.63, 3.8) is 0 Å². The number of carbonyl (C=O) groups is 1. The zero-order valence-corrected chi connectivity index (χ0v) is 10.5. The standard InChI is InChI=1S/C16H13FO2/c1-10-6-12(8-13(17)7-10)16(18)15-9-11-4-2-3-5-14(11)19-15/h2-8,15H,9H2,1H3. The molecule has 0 aliphatic carbocycles. The van der Waals surface area contributed by atoms with E-state index < -0.39 is 6.10 Å². The number of Topliss-reactive ketones (excluding diaryl/α,β-unsaturated/α-hetero) is 1. The van der Waals surface area contributed by atoms with Gasteiger partial charge in [-0.2, -0.15) is 0 Å². The molecule has 3 heteroatoms. The van der Waals surface area contributed by atoms with E-state index in [9.17, 15) is 9.18 Å². The Bertz CT molecular complexity index is 604. The smallest absolute Gasteiger partial charge is 0.203 e. The third-order valence-electron chi connectivity index (χ3n) is 3.27. The van der Waals surface area contributed by atoms with Crippen LogP contribution in [0, 0.1) is 12.7 Å². The molecular weight excluding hydrogens is 243 g/mol. The number of fused-ring (bicyclic) bond motifs is 1. The predicted octanol–water partition coefficient (Wildman–Crippen LogP) is 3.32. The van der Waals surface area contributed by atoms with Gasteiger partial charge in [0.1, 0.15) is 11.6 Å². The Morgan fingerprint density at radius 3 is 2.79 bits per heavy atom. The van der Waals surface area contributed by atoms with Gasteiger partial charge in [-0.1, -0.05) is 18.2 Å². The lowest BCUT2D eigenvalue weighted by molar-refractivity contribution is 0.0824. The number of ketones is 1. The molecule has 0 radical (unpaired) electrons. The summed E-state index contributed by atoms with van der Waals surface area (Å²) in [7, 11) is 0. The molecule has 0 fully saturated rings. The van der Waals surface area contributed by atoms with Gasteiger partial charge >= 0.3 is 0 Å². The maximum atomic E-state index is 13.3. The summed E-state index contributed by atoms with van der Waals surface area (Å²) in [6, 6.07) is 11.9. The van der Waals surface area contributed by atoms with E-state index in [1.807, 2.05) is 24.3 Å². The maximum Gasteiger partial charge on any atom is 0.203 e. The van der Waals surface area contributed by atoms with Crippen LogP contribution < -0.4 is 4.74 Å². The lowest BCUT2D eigenvalue weighted by Gasteiger charge is -2.10. The van der Waals surface area contributed by atoms with Crippen molar-refractivity contribution < 1.29 is 13.9 Å². The molecule has 1 aliphatic rings. The van der Waals surface area contributed by atoms with Gasteiger partial charge in [0.15, 0.2) is 6.10 Å². The van der Waals surface area contributed by atoms with Crippen molar-refractivity contribution >= 4 is 5.78 Å². The molecule has 1 heterocycles. The Morgan fingerprint density at radius 2 is 2.05 bits per heavy atom. The lowest BCUT2D eigenvalue weighted by Crippen LogP contribution is -2.25. The Morgan fingerprint density at radius 1 is 1.26 bits per heavy atom. The first kappa shape index (κ1) is 11.9. The molecule has 0 spiro atoms. The Hall–Kier alpha value is -2.16. The Balaban J connectivity index is 1.87. The monoisotopic (exact) mass is 256 g/mol. The quantitative estimate of drug-likeness (QED) is 0.770. The van der Waals surface area contributed by atoms with Crippen LogP contribution in [-0.2, 0) is 6.42 Å². The molecule has 2 nitrogen and oxygen atoms in total. The minimum Gasteiger partial charge on any atom is -0.482 e. The van der Waals surface area contributed by atoms with Crippen LogP contribution in [0.2, 0.25) is 0 Å². The topological polar surface area (TPSA) is 26.3 Å². The highest BCUT2D eigenvalue weighted by Gasteiger charge is 2.29. The fourth-order valence-corrected chi connectivity index (χ4v) is 2.39. The van der Waals surface area contributed by atoms with E-state index >= 15 is 0 Å². The molecule has 1 aliphatic heterocycles. The van der Waals surface area contributed by atoms with Crippen molar-refractivity contribution in [2.75, 3.05) is 0 Å². The SMILES string of the molecule is Cc1cc(F)cc(C(=O)C2Cc3ccccc3O2)c1. The Kier molecular flexibility index (Phi) is 2.82. The van der Waals surface area contributed by atoms with E-state index in [1.54, 1.807) is 13.0 Å². The Labute approximate surface area is 110 Å². The van der Waals surface area contributed by atoms with E-state index in [2.05, 4.69) is 0 Å². The largest absolute Gasteiger partial charge is 0.482 e. The molecule has 0 N–H and O–H groups in total. The van der Waals surface area contributed by atoms with Crippen LogP contribution >= 0.6 is 0 Å². The molecule has 96 valence electrons. The molecule has 3 rings (SSSR count). The first-order valence-electron chi connectivity index (χ1n) is 6.19. The van der Waals surface area contributed by atoms with Crippen LogP contribution in [0.25, 0.3) is 0 Å². The van der Waals surface area contributed by atoms with Crippen molar-refractivity contribution in [1.29, 1.82) is 0 Å². The van der Waals surface area contributed by atoms with Gasteiger partial charge in [-0.3, -0.25) is 4.79 Å². The van der Waals surface area contributed by atoms with Gasteiger partial charge in [0.05, 0.1) is 0 Å². The molecule has 0 saturated carbocycles. The minimum atomic E-state index is -0.543. The molecule has 1 unspecified atom stereocenters. The molecule has 2 aromatic rings. The molecular formula is C16H13FO2. The van der Waals surface area contributed by atoms with E-state index in [0.29, 0.717) is 12.0 Å². The summed E-state index contributed by atoms with van der Waals surface area (Å²) in [6.07, 6.45) is 0.00324. The van der Waals surface area contributed by atoms with Gasteiger partial charge in [-0.15, -0.1) is 0 Å². The maximum absolute atomic E-state index is 13.3. The number of para-hydroxylation sites is 1. The second-order valence-corrected chi connectivity index (χ2v) is 4.80. The summed E-state index contributed by atoms with van der Waals surface area (Å²) in [6.45, 7) is 1.77. The molecule has 1 atom stereocenters. The molecule has 19 heavy (non-hydrogen) atoms. The van der Waals surface area contributed by atoms with Gasteiger partial charge in [0, 0.05) is 12.0 Å². The lowest BCUT2D eigenvalue weighted by atomic mass is 10.0. The van der Waals surface area contributed by atoms with Crippen molar-refractivity contribution in [2.45, 2.75) is 19.4 Å². The van der Waals surface area contributed by atoms with Crippen molar-refractivity contribution in [1.82, 2.24) is 0 Å². The third-order valence-corrected chi connectivity index (χ3v) is 3.27. The van der Waals surface area contributed by atoms with Crippen molar-refractivity contribution in [2.24, 2.45) is 0 Å². The van der Waals surface area contributed by atoms with E-state index in [-0.39, 0.29) is 11.6 Å². The highest BCUT2D eigenvalue weighted by Crippen LogP contribution is 2.29. The van der Waals surface area contributed by atoms with Gasteiger partial charge in [-0.05, 0) is 42.3 Å². The summed E-state index contributed by atoms with van der Waals surface area (Å²) < 4.78 is 19.0. The average Bonchev–Trinajstić information content (AvgIpc) is 2.80. The zero-order chi connectivity index (χ0) is 13.4.